The zero-order chi connectivity index (χ0) is 16.9. The summed E-state index contributed by atoms with van der Waals surface area (Å²) in [5, 5.41) is 6.46. The molecule has 0 saturated carbocycles. The van der Waals surface area contributed by atoms with Crippen LogP contribution in [-0.2, 0) is 11.2 Å². The van der Waals surface area contributed by atoms with Gasteiger partial charge < -0.3 is 15.1 Å². The molecule has 2 N–H and O–H groups in total. The molecule has 1 aromatic heterocycles. The first-order chi connectivity index (χ1) is 11.6. The molecule has 0 bridgehead atoms. The van der Waals surface area contributed by atoms with Gasteiger partial charge in [0, 0.05) is 24.9 Å². The second kappa shape index (κ2) is 7.62. The molecule has 2 aromatic rings. The Balaban J connectivity index is 1.52. The molecule has 3 rings (SSSR count). The molecular weight excluding hydrogens is 307 g/mol. The van der Waals surface area contributed by atoms with E-state index in [4.69, 9.17) is 4.42 Å². The van der Waals surface area contributed by atoms with Gasteiger partial charge in [0.05, 0.1) is 5.56 Å². The first-order valence-corrected chi connectivity index (χ1v) is 8.48. The van der Waals surface area contributed by atoms with Crippen LogP contribution in [0, 0.1) is 5.82 Å². The van der Waals surface area contributed by atoms with Crippen molar-refractivity contribution < 1.29 is 13.6 Å². The molecule has 2 unspecified atom stereocenters. The Morgan fingerprint density at radius 2 is 2.17 bits per heavy atom. The van der Waals surface area contributed by atoms with Crippen molar-refractivity contribution in [2.24, 2.45) is 0 Å². The number of aryl methyl sites for hydroxylation is 1. The number of piperidine rings is 1. The summed E-state index contributed by atoms with van der Waals surface area (Å²) >= 11 is 0. The Morgan fingerprint density at radius 3 is 2.96 bits per heavy atom. The van der Waals surface area contributed by atoms with E-state index in [0.717, 1.165) is 19.4 Å². The summed E-state index contributed by atoms with van der Waals surface area (Å²) in [5.41, 5.74) is 0.442. The maximum absolute atomic E-state index is 13.8. The number of amides is 1. The largest absolute Gasteiger partial charge is 0.461 e. The van der Waals surface area contributed by atoms with Crippen molar-refractivity contribution in [2.45, 2.75) is 44.7 Å². The van der Waals surface area contributed by atoms with E-state index in [-0.39, 0.29) is 17.8 Å². The van der Waals surface area contributed by atoms with Gasteiger partial charge >= 0.3 is 0 Å². The number of carbonyl (C=O) groups excluding carboxylic acids is 1. The predicted octanol–water partition coefficient (Wildman–Crippen LogP) is 3.28. The van der Waals surface area contributed by atoms with Crippen LogP contribution in [0.4, 0.5) is 4.39 Å². The lowest BCUT2D eigenvalue weighted by molar-refractivity contribution is -0.122. The van der Waals surface area contributed by atoms with Crippen LogP contribution in [0.5, 0.6) is 0 Å². The van der Waals surface area contributed by atoms with Crippen LogP contribution in [0.15, 0.2) is 40.8 Å². The number of nitrogens with one attached hydrogen (secondary N) is 2. The molecule has 4 nitrogen and oxygen atoms in total. The van der Waals surface area contributed by atoms with Gasteiger partial charge in [0.25, 0.3) is 0 Å². The number of halogens is 1. The van der Waals surface area contributed by atoms with Crippen molar-refractivity contribution in [3.63, 3.8) is 0 Å². The van der Waals surface area contributed by atoms with Gasteiger partial charge in [-0.15, -0.1) is 0 Å². The van der Waals surface area contributed by atoms with E-state index in [1.165, 1.54) is 6.07 Å². The lowest BCUT2D eigenvalue weighted by Crippen LogP contribution is -2.46. The fourth-order valence-electron chi connectivity index (χ4n) is 3.12. The van der Waals surface area contributed by atoms with Gasteiger partial charge in [-0.05, 0) is 50.6 Å². The highest BCUT2D eigenvalue weighted by Gasteiger charge is 2.20. The molecule has 1 aliphatic rings. The number of furan rings is 1. The zero-order valence-electron chi connectivity index (χ0n) is 13.8. The summed E-state index contributed by atoms with van der Waals surface area (Å²) in [6.07, 6.45) is 2.82. The molecule has 2 atom stereocenters. The van der Waals surface area contributed by atoms with E-state index in [0.29, 0.717) is 36.0 Å². The van der Waals surface area contributed by atoms with Gasteiger partial charge in [-0.2, -0.15) is 0 Å². The second-order valence-corrected chi connectivity index (χ2v) is 6.39. The Kier molecular flexibility index (Phi) is 5.30. The highest BCUT2D eigenvalue weighted by atomic mass is 19.1. The maximum atomic E-state index is 13.8. The van der Waals surface area contributed by atoms with Crippen LogP contribution in [-0.4, -0.2) is 24.5 Å². The van der Waals surface area contributed by atoms with E-state index in [1.807, 2.05) is 6.07 Å². The Hall–Kier alpha value is -2.14. The Bertz CT molecular complexity index is 698. The Morgan fingerprint density at radius 1 is 1.33 bits per heavy atom. The molecule has 1 aromatic carbocycles. The third kappa shape index (κ3) is 4.23. The maximum Gasteiger partial charge on any atom is 0.220 e. The van der Waals surface area contributed by atoms with Crippen LogP contribution < -0.4 is 10.6 Å². The van der Waals surface area contributed by atoms with Gasteiger partial charge in [-0.1, -0.05) is 12.1 Å². The third-order valence-corrected chi connectivity index (χ3v) is 4.39. The van der Waals surface area contributed by atoms with Crippen LogP contribution in [0.2, 0.25) is 0 Å². The monoisotopic (exact) mass is 330 g/mol. The number of carbonyl (C=O) groups is 1. The minimum absolute atomic E-state index is 0.0398. The minimum Gasteiger partial charge on any atom is -0.461 e. The Labute approximate surface area is 141 Å². The molecule has 1 amide bonds. The average Bonchev–Trinajstić information content (AvgIpc) is 3.02. The van der Waals surface area contributed by atoms with Crippen LogP contribution in [0.25, 0.3) is 11.3 Å². The SMILES string of the molecule is CC1CC(NC(=O)CCc2ccc(-c3ccccc3F)o2)CCN1. The number of hydrogen-bond donors (Lipinski definition) is 2. The van der Waals surface area contributed by atoms with Gasteiger partial charge in [0.2, 0.25) is 5.91 Å². The first-order valence-electron chi connectivity index (χ1n) is 8.48. The first kappa shape index (κ1) is 16.7. The van der Waals surface area contributed by atoms with Crippen molar-refractivity contribution in [1.29, 1.82) is 0 Å². The molecule has 1 saturated heterocycles. The molecule has 128 valence electrons. The smallest absolute Gasteiger partial charge is 0.220 e. The lowest BCUT2D eigenvalue weighted by atomic mass is 10.0. The van der Waals surface area contributed by atoms with Gasteiger partial charge in [0.1, 0.15) is 17.3 Å². The molecule has 1 aliphatic heterocycles. The van der Waals surface area contributed by atoms with Gasteiger partial charge in [-0.3, -0.25) is 4.79 Å². The van der Waals surface area contributed by atoms with Crippen molar-refractivity contribution in [3.8, 4) is 11.3 Å². The molecule has 0 radical (unpaired) electrons. The van der Waals surface area contributed by atoms with E-state index in [2.05, 4.69) is 17.6 Å². The summed E-state index contributed by atoms with van der Waals surface area (Å²) in [4.78, 5) is 12.1. The topological polar surface area (TPSA) is 54.3 Å². The van der Waals surface area contributed by atoms with Crippen LogP contribution >= 0.6 is 0 Å². The van der Waals surface area contributed by atoms with Gasteiger partial charge in [-0.25, -0.2) is 4.39 Å². The number of rotatable bonds is 5. The molecular formula is C19H23FN2O2. The summed E-state index contributed by atoms with van der Waals surface area (Å²) in [5.74, 6) is 0.923. The van der Waals surface area contributed by atoms with E-state index < -0.39 is 0 Å². The fraction of sp³-hybridized carbons (Fsp3) is 0.421. The van der Waals surface area contributed by atoms with E-state index in [9.17, 15) is 9.18 Å². The van der Waals surface area contributed by atoms with Crippen molar-refractivity contribution in [1.82, 2.24) is 10.6 Å². The van der Waals surface area contributed by atoms with Crippen molar-refractivity contribution in [2.75, 3.05) is 6.54 Å². The average molecular weight is 330 g/mol. The van der Waals surface area contributed by atoms with E-state index >= 15 is 0 Å². The predicted molar refractivity (Wildman–Crippen MR) is 91.1 cm³/mol. The van der Waals surface area contributed by atoms with Gasteiger partial charge in [0.15, 0.2) is 0 Å². The molecule has 2 heterocycles. The van der Waals surface area contributed by atoms with Crippen molar-refractivity contribution in [3.05, 3.63) is 48.0 Å². The molecule has 5 heteroatoms. The van der Waals surface area contributed by atoms with Crippen LogP contribution in [0.1, 0.15) is 31.9 Å². The highest BCUT2D eigenvalue weighted by molar-refractivity contribution is 5.76. The lowest BCUT2D eigenvalue weighted by Gasteiger charge is -2.28. The molecule has 24 heavy (non-hydrogen) atoms. The second-order valence-electron chi connectivity index (χ2n) is 6.39. The van der Waals surface area contributed by atoms with Crippen molar-refractivity contribution >= 4 is 5.91 Å². The molecule has 1 fully saturated rings. The molecule has 0 spiro atoms. The fourth-order valence-corrected chi connectivity index (χ4v) is 3.12. The zero-order valence-corrected chi connectivity index (χ0v) is 13.8. The quantitative estimate of drug-likeness (QED) is 0.885. The molecule has 0 aliphatic carbocycles. The van der Waals surface area contributed by atoms with Crippen LogP contribution in [0.3, 0.4) is 0 Å². The minimum atomic E-state index is -0.309. The summed E-state index contributed by atoms with van der Waals surface area (Å²) in [6.45, 7) is 3.07. The number of benzene rings is 1. The highest BCUT2D eigenvalue weighted by Crippen LogP contribution is 2.25. The normalized spacial score (nSPS) is 20.8. The summed E-state index contributed by atoms with van der Waals surface area (Å²) in [6, 6.07) is 10.8. The summed E-state index contributed by atoms with van der Waals surface area (Å²) < 4.78 is 19.4. The number of hydrogen-bond acceptors (Lipinski definition) is 3. The third-order valence-electron chi connectivity index (χ3n) is 4.39. The summed E-state index contributed by atoms with van der Waals surface area (Å²) in [7, 11) is 0. The van der Waals surface area contributed by atoms with E-state index in [1.54, 1.807) is 24.3 Å². The standard InChI is InChI=1S/C19H23FN2O2/c1-13-12-14(10-11-21-13)22-19(23)9-7-15-6-8-18(24-15)16-4-2-3-5-17(16)20/h2-6,8,13-14,21H,7,9-12H2,1H3,(H,22,23).